The number of thiazole rings is 1. The Morgan fingerprint density at radius 1 is 1.23 bits per heavy atom. The lowest BCUT2D eigenvalue weighted by atomic mass is 10.2. The van der Waals surface area contributed by atoms with Gasteiger partial charge in [0, 0.05) is 17.1 Å². The van der Waals surface area contributed by atoms with E-state index in [1.165, 1.54) is 23.1 Å². The maximum absolute atomic E-state index is 10.6. The number of hydrogen-bond acceptors (Lipinski definition) is 7. The second-order valence-electron chi connectivity index (χ2n) is 6.42. The predicted molar refractivity (Wildman–Crippen MR) is 126 cm³/mol. The molecule has 6 nitrogen and oxygen atoms in total. The first kappa shape index (κ1) is 21.1. The van der Waals surface area contributed by atoms with E-state index in [-0.39, 0.29) is 17.1 Å². The number of aliphatic hydroxyl groups is 1. The first-order chi connectivity index (χ1) is 15.1. The zero-order valence-electron chi connectivity index (χ0n) is 16.2. The Morgan fingerprint density at radius 3 is 2.71 bits per heavy atom. The Bertz CT molecular complexity index is 1280. The summed E-state index contributed by atoms with van der Waals surface area (Å²) in [5.41, 5.74) is 1.84. The van der Waals surface area contributed by atoms with E-state index in [0.717, 1.165) is 15.8 Å². The molecule has 31 heavy (non-hydrogen) atoms. The summed E-state index contributed by atoms with van der Waals surface area (Å²) in [4.78, 5) is 4.47. The molecule has 0 aliphatic rings. The van der Waals surface area contributed by atoms with Crippen LogP contribution in [0.2, 0.25) is 5.02 Å². The summed E-state index contributed by atoms with van der Waals surface area (Å²) in [7, 11) is 0. The summed E-state index contributed by atoms with van der Waals surface area (Å²) >= 11 is 8.65. The minimum Gasteiger partial charge on any atom is -0.510 e. The van der Waals surface area contributed by atoms with Crippen molar-refractivity contribution < 1.29 is 5.11 Å². The van der Waals surface area contributed by atoms with Crippen LogP contribution in [0, 0.1) is 11.3 Å². The standard InChI is InChI=1S/C22H16ClN5OS2/c1-2-11-28-20(14-7-9-15(23)10-8-14)26-27-22(28)30-13-18(29)16(12-24)21-25-17-5-3-4-6-19(17)31-21/h2-10,29H,1,11,13H2/b18-16-. The molecule has 1 N–H and O–H groups in total. The lowest BCUT2D eigenvalue weighted by Gasteiger charge is -2.08. The number of rotatable bonds is 7. The number of aliphatic hydroxyl groups excluding tert-OH is 1. The summed E-state index contributed by atoms with van der Waals surface area (Å²) < 4.78 is 2.86. The molecule has 0 radical (unpaired) electrons. The van der Waals surface area contributed by atoms with Gasteiger partial charge in [0.1, 0.15) is 22.4 Å². The maximum Gasteiger partial charge on any atom is 0.192 e. The molecular weight excluding hydrogens is 450 g/mol. The van der Waals surface area contributed by atoms with Crippen molar-refractivity contribution in [3.63, 3.8) is 0 Å². The third-order valence-electron chi connectivity index (χ3n) is 4.38. The van der Waals surface area contributed by atoms with Crippen LogP contribution in [-0.2, 0) is 6.54 Å². The fourth-order valence-corrected chi connectivity index (χ4v) is 4.86. The molecule has 0 saturated carbocycles. The summed E-state index contributed by atoms with van der Waals surface area (Å²) in [5.74, 6) is 0.788. The van der Waals surface area contributed by atoms with Crippen LogP contribution in [0.5, 0.6) is 0 Å². The monoisotopic (exact) mass is 465 g/mol. The molecular formula is C22H16ClN5OS2. The van der Waals surface area contributed by atoms with E-state index >= 15 is 0 Å². The van der Waals surface area contributed by atoms with Gasteiger partial charge in [-0.2, -0.15) is 5.26 Å². The van der Waals surface area contributed by atoms with E-state index in [1.807, 2.05) is 41.0 Å². The molecule has 4 rings (SSSR count). The van der Waals surface area contributed by atoms with Gasteiger partial charge >= 0.3 is 0 Å². The zero-order chi connectivity index (χ0) is 21.8. The maximum atomic E-state index is 10.6. The summed E-state index contributed by atoms with van der Waals surface area (Å²) in [6, 6.07) is 17.0. The van der Waals surface area contributed by atoms with Crippen molar-refractivity contribution >= 4 is 50.5 Å². The van der Waals surface area contributed by atoms with Crippen molar-refractivity contribution in [2.24, 2.45) is 0 Å². The van der Waals surface area contributed by atoms with Crippen molar-refractivity contribution in [3.8, 4) is 17.5 Å². The SMILES string of the molecule is C=CCn1c(SC/C(O)=C(\C#N)c2nc3ccccc3s2)nnc1-c1ccc(Cl)cc1. The smallest absolute Gasteiger partial charge is 0.192 e. The average Bonchev–Trinajstić information content (AvgIpc) is 3.38. The highest BCUT2D eigenvalue weighted by Crippen LogP contribution is 2.31. The van der Waals surface area contributed by atoms with Crippen molar-refractivity contribution in [1.82, 2.24) is 19.7 Å². The van der Waals surface area contributed by atoms with Gasteiger partial charge in [0.05, 0.1) is 16.0 Å². The molecule has 0 fully saturated rings. The third-order valence-corrected chi connectivity index (χ3v) is 6.66. The zero-order valence-corrected chi connectivity index (χ0v) is 18.6. The second-order valence-corrected chi connectivity index (χ2v) is 8.83. The molecule has 0 aliphatic carbocycles. The lowest BCUT2D eigenvalue weighted by Crippen LogP contribution is -2.02. The predicted octanol–water partition coefficient (Wildman–Crippen LogP) is 5.98. The molecule has 2 aromatic heterocycles. The molecule has 4 aromatic rings. The fraction of sp³-hybridized carbons (Fsp3) is 0.0909. The number of para-hydroxylation sites is 1. The third kappa shape index (κ3) is 4.49. The van der Waals surface area contributed by atoms with Crippen molar-refractivity contribution in [2.75, 3.05) is 5.75 Å². The van der Waals surface area contributed by atoms with Gasteiger partial charge in [0.15, 0.2) is 11.0 Å². The van der Waals surface area contributed by atoms with Crippen LogP contribution >= 0.6 is 34.7 Å². The topological polar surface area (TPSA) is 87.6 Å². The summed E-state index contributed by atoms with van der Waals surface area (Å²) in [5, 5.41) is 30.6. The van der Waals surface area contributed by atoms with E-state index < -0.39 is 0 Å². The van der Waals surface area contributed by atoms with Crippen molar-refractivity contribution in [3.05, 3.63) is 77.0 Å². The highest BCUT2D eigenvalue weighted by molar-refractivity contribution is 7.99. The van der Waals surface area contributed by atoms with Gasteiger partial charge in [-0.05, 0) is 36.4 Å². The fourth-order valence-electron chi connectivity index (χ4n) is 2.92. The Morgan fingerprint density at radius 2 is 2.00 bits per heavy atom. The molecule has 2 aromatic carbocycles. The minimum absolute atomic E-state index is 0.0484. The average molecular weight is 466 g/mol. The van der Waals surface area contributed by atoms with Crippen LogP contribution in [0.1, 0.15) is 5.01 Å². The Balaban J connectivity index is 1.60. The molecule has 9 heteroatoms. The number of halogens is 1. The van der Waals surface area contributed by atoms with Gasteiger partial charge in [-0.3, -0.25) is 4.57 Å². The van der Waals surface area contributed by atoms with Crippen molar-refractivity contribution in [1.29, 1.82) is 5.26 Å². The van der Waals surface area contributed by atoms with Gasteiger partial charge in [0.2, 0.25) is 0 Å². The number of thioether (sulfide) groups is 1. The van der Waals surface area contributed by atoms with E-state index in [9.17, 15) is 10.4 Å². The number of allylic oxidation sites excluding steroid dienone is 2. The van der Waals surface area contributed by atoms with Gasteiger partial charge in [-0.15, -0.1) is 28.1 Å². The van der Waals surface area contributed by atoms with Crippen LogP contribution in [0.3, 0.4) is 0 Å². The van der Waals surface area contributed by atoms with E-state index in [4.69, 9.17) is 11.6 Å². The highest BCUT2D eigenvalue weighted by Gasteiger charge is 2.17. The second kappa shape index (κ2) is 9.35. The summed E-state index contributed by atoms with van der Waals surface area (Å²) in [6.45, 7) is 4.31. The normalized spacial score (nSPS) is 11.9. The molecule has 2 heterocycles. The van der Waals surface area contributed by atoms with E-state index in [1.54, 1.807) is 18.2 Å². The molecule has 0 saturated heterocycles. The number of fused-ring (bicyclic) bond motifs is 1. The van der Waals surface area contributed by atoms with Gasteiger partial charge in [0.25, 0.3) is 0 Å². The van der Waals surface area contributed by atoms with E-state index in [0.29, 0.717) is 27.6 Å². The summed E-state index contributed by atoms with van der Waals surface area (Å²) in [6.07, 6.45) is 1.75. The van der Waals surface area contributed by atoms with Crippen LogP contribution in [-0.4, -0.2) is 30.6 Å². The number of hydrogen-bond donors (Lipinski definition) is 1. The highest BCUT2D eigenvalue weighted by atomic mass is 35.5. The molecule has 0 amide bonds. The van der Waals surface area contributed by atoms with Crippen LogP contribution in [0.25, 0.3) is 27.2 Å². The molecule has 0 aliphatic heterocycles. The Kier molecular flexibility index (Phi) is 6.37. The molecule has 0 bridgehead atoms. The van der Waals surface area contributed by atoms with Gasteiger partial charge < -0.3 is 5.11 Å². The quantitative estimate of drug-likeness (QED) is 0.156. The molecule has 0 spiro atoms. The van der Waals surface area contributed by atoms with Crippen LogP contribution < -0.4 is 0 Å². The first-order valence-electron chi connectivity index (χ1n) is 9.21. The Labute approximate surface area is 192 Å². The number of nitriles is 1. The van der Waals surface area contributed by atoms with Gasteiger partial charge in [-0.25, -0.2) is 4.98 Å². The van der Waals surface area contributed by atoms with Gasteiger partial charge in [-0.1, -0.05) is 41.6 Å². The lowest BCUT2D eigenvalue weighted by molar-refractivity contribution is 0.420. The van der Waals surface area contributed by atoms with Crippen LogP contribution in [0.15, 0.2) is 72.1 Å². The molecule has 154 valence electrons. The molecule has 0 atom stereocenters. The number of nitrogens with zero attached hydrogens (tertiary/aromatic N) is 5. The number of aromatic nitrogens is 4. The number of benzene rings is 2. The van der Waals surface area contributed by atoms with Crippen LogP contribution in [0.4, 0.5) is 0 Å². The largest absolute Gasteiger partial charge is 0.510 e. The Hall–Kier alpha value is -3.12. The van der Waals surface area contributed by atoms with E-state index in [2.05, 4.69) is 27.8 Å². The molecule has 0 unspecified atom stereocenters. The minimum atomic E-state index is -0.0484. The van der Waals surface area contributed by atoms with Crippen molar-refractivity contribution in [2.45, 2.75) is 11.7 Å². The first-order valence-corrected chi connectivity index (χ1v) is 11.4.